The van der Waals surface area contributed by atoms with Crippen LogP contribution in [0.15, 0.2) is 72.8 Å². The van der Waals surface area contributed by atoms with E-state index in [4.69, 9.17) is 11.6 Å². The van der Waals surface area contributed by atoms with Crippen LogP contribution in [0, 0.1) is 0 Å². The second kappa shape index (κ2) is 11.8. The van der Waals surface area contributed by atoms with Crippen LogP contribution in [0.4, 0.5) is 21.9 Å². The van der Waals surface area contributed by atoms with Crippen LogP contribution in [0.1, 0.15) is 41.6 Å². The van der Waals surface area contributed by atoms with Crippen molar-refractivity contribution in [3.63, 3.8) is 0 Å². The van der Waals surface area contributed by atoms with Crippen LogP contribution >= 0.6 is 11.6 Å². The standard InChI is InChI=1S/C30H34ClN5O2/c1-2-32-30(38)36-15-7-14-35(16-17-36)28-13-12-22(18-27(28)33-24-11-6-10-23(31)19-24)29(37)34-26-20-25(26)21-8-4-3-5-9-21/h3-6,8-13,18-19,25-26,33H,2,7,14-17,20H2,1H3,(H,32,38)(H,34,37)/t25-,26+/m0/s1. The van der Waals surface area contributed by atoms with E-state index in [1.165, 1.54) is 5.56 Å². The molecule has 38 heavy (non-hydrogen) atoms. The van der Waals surface area contributed by atoms with Crippen LogP contribution in [-0.4, -0.2) is 55.6 Å². The Balaban J connectivity index is 1.35. The Bertz CT molecular complexity index is 1280. The van der Waals surface area contributed by atoms with E-state index in [0.29, 0.717) is 42.7 Å². The SMILES string of the molecule is CCNC(=O)N1CCCN(c2ccc(C(=O)N[C@@H]3C[C@H]3c3ccccc3)cc2Nc2cccc(Cl)c2)CC1. The van der Waals surface area contributed by atoms with Crippen LogP contribution in [0.25, 0.3) is 0 Å². The maximum absolute atomic E-state index is 13.2. The molecule has 0 unspecified atom stereocenters. The Labute approximate surface area is 229 Å². The zero-order valence-electron chi connectivity index (χ0n) is 21.6. The van der Waals surface area contributed by atoms with Crippen molar-refractivity contribution >= 4 is 40.6 Å². The number of hydrogen-bond acceptors (Lipinski definition) is 4. The maximum atomic E-state index is 13.2. The summed E-state index contributed by atoms with van der Waals surface area (Å²) in [6.45, 7) is 5.40. The zero-order valence-corrected chi connectivity index (χ0v) is 22.4. The predicted molar refractivity (Wildman–Crippen MR) is 154 cm³/mol. The van der Waals surface area contributed by atoms with E-state index in [2.05, 4.69) is 33.0 Å². The molecule has 1 aliphatic carbocycles. The van der Waals surface area contributed by atoms with Crippen molar-refractivity contribution in [2.45, 2.75) is 31.7 Å². The molecule has 3 amide bonds. The van der Waals surface area contributed by atoms with Crippen LogP contribution in [-0.2, 0) is 0 Å². The van der Waals surface area contributed by atoms with Gasteiger partial charge in [-0.25, -0.2) is 4.79 Å². The molecule has 0 bridgehead atoms. The quantitative estimate of drug-likeness (QED) is 0.370. The second-order valence-corrected chi connectivity index (χ2v) is 10.3. The van der Waals surface area contributed by atoms with Gasteiger partial charge in [-0.3, -0.25) is 4.79 Å². The molecule has 8 heteroatoms. The molecular formula is C30H34ClN5O2. The number of urea groups is 1. The van der Waals surface area contributed by atoms with Gasteiger partial charge in [0, 0.05) is 61.0 Å². The van der Waals surface area contributed by atoms with E-state index in [-0.39, 0.29) is 18.0 Å². The van der Waals surface area contributed by atoms with Gasteiger partial charge in [-0.15, -0.1) is 0 Å². The highest BCUT2D eigenvalue weighted by Gasteiger charge is 2.39. The lowest BCUT2D eigenvalue weighted by Crippen LogP contribution is -2.42. The van der Waals surface area contributed by atoms with Gasteiger partial charge >= 0.3 is 6.03 Å². The third-order valence-electron chi connectivity index (χ3n) is 7.15. The first kappa shape index (κ1) is 25.9. The van der Waals surface area contributed by atoms with Gasteiger partial charge in [-0.1, -0.05) is 48.0 Å². The van der Waals surface area contributed by atoms with Gasteiger partial charge in [-0.2, -0.15) is 0 Å². The molecule has 3 aromatic rings. The van der Waals surface area contributed by atoms with Gasteiger partial charge in [0.15, 0.2) is 0 Å². The third-order valence-corrected chi connectivity index (χ3v) is 7.38. The minimum atomic E-state index is -0.0765. The number of amides is 3. The number of carbonyl (C=O) groups is 2. The largest absolute Gasteiger partial charge is 0.368 e. The van der Waals surface area contributed by atoms with E-state index in [1.54, 1.807) is 0 Å². The number of nitrogens with zero attached hydrogens (tertiary/aromatic N) is 2. The lowest BCUT2D eigenvalue weighted by molar-refractivity contribution is 0.0950. The maximum Gasteiger partial charge on any atom is 0.317 e. The van der Waals surface area contributed by atoms with Gasteiger partial charge in [0.25, 0.3) is 5.91 Å². The van der Waals surface area contributed by atoms with E-state index in [1.807, 2.05) is 72.5 Å². The number of nitrogens with one attached hydrogen (secondary N) is 3. The number of halogens is 1. The highest BCUT2D eigenvalue weighted by atomic mass is 35.5. The first-order chi connectivity index (χ1) is 18.5. The summed E-state index contributed by atoms with van der Waals surface area (Å²) >= 11 is 6.24. The first-order valence-electron chi connectivity index (χ1n) is 13.3. The topological polar surface area (TPSA) is 76.7 Å². The third kappa shape index (κ3) is 6.22. The molecule has 1 aliphatic heterocycles. The average molecular weight is 532 g/mol. The molecule has 2 aliphatic rings. The molecule has 0 aromatic heterocycles. The lowest BCUT2D eigenvalue weighted by Gasteiger charge is -2.27. The molecule has 0 spiro atoms. The Morgan fingerprint density at radius 1 is 0.947 bits per heavy atom. The number of hydrogen-bond donors (Lipinski definition) is 3. The van der Waals surface area contributed by atoms with Gasteiger partial charge in [0.2, 0.25) is 0 Å². The molecule has 0 radical (unpaired) electrons. The molecule has 3 aromatic carbocycles. The fourth-order valence-electron chi connectivity index (χ4n) is 5.07. The summed E-state index contributed by atoms with van der Waals surface area (Å²) in [6.07, 6.45) is 1.82. The Hall–Kier alpha value is -3.71. The Morgan fingerprint density at radius 3 is 2.58 bits per heavy atom. The number of rotatable bonds is 7. The van der Waals surface area contributed by atoms with Crippen LogP contribution in [0.3, 0.4) is 0 Å². The summed E-state index contributed by atoms with van der Waals surface area (Å²) in [6, 6.07) is 23.8. The van der Waals surface area contributed by atoms with Crippen LogP contribution in [0.5, 0.6) is 0 Å². The molecule has 1 heterocycles. The Kier molecular flexibility index (Phi) is 8.03. The van der Waals surface area contributed by atoms with E-state index in [9.17, 15) is 9.59 Å². The fraction of sp³-hybridized carbons (Fsp3) is 0.333. The van der Waals surface area contributed by atoms with Gasteiger partial charge in [0.1, 0.15) is 0 Å². The van der Waals surface area contributed by atoms with Crippen LogP contribution < -0.4 is 20.9 Å². The molecule has 1 saturated heterocycles. The van der Waals surface area contributed by atoms with Crippen LogP contribution in [0.2, 0.25) is 5.02 Å². The minimum absolute atomic E-state index is 0.0208. The van der Waals surface area contributed by atoms with Crippen molar-refractivity contribution in [1.82, 2.24) is 15.5 Å². The van der Waals surface area contributed by atoms with E-state index < -0.39 is 0 Å². The summed E-state index contributed by atoms with van der Waals surface area (Å²) in [5, 5.41) is 10.2. The van der Waals surface area contributed by atoms with Gasteiger partial charge in [-0.05, 0) is 61.7 Å². The summed E-state index contributed by atoms with van der Waals surface area (Å²) in [5.41, 5.74) is 4.55. The number of carbonyl (C=O) groups excluding carboxylic acids is 2. The normalized spacial score (nSPS) is 18.9. The zero-order chi connectivity index (χ0) is 26.5. The molecular weight excluding hydrogens is 498 g/mol. The van der Waals surface area contributed by atoms with Crippen molar-refractivity contribution in [2.75, 3.05) is 42.9 Å². The molecule has 2 atom stereocenters. The summed E-state index contributed by atoms with van der Waals surface area (Å²) in [7, 11) is 0. The average Bonchev–Trinajstić information content (AvgIpc) is 3.72. The number of anilines is 3. The molecule has 2 fully saturated rings. The highest BCUT2D eigenvalue weighted by molar-refractivity contribution is 6.30. The molecule has 5 rings (SSSR count). The van der Waals surface area contributed by atoms with Gasteiger partial charge in [0.05, 0.1) is 11.4 Å². The molecule has 198 valence electrons. The van der Waals surface area contributed by atoms with E-state index in [0.717, 1.165) is 36.4 Å². The van der Waals surface area contributed by atoms with E-state index >= 15 is 0 Å². The smallest absolute Gasteiger partial charge is 0.317 e. The van der Waals surface area contributed by atoms with Crippen molar-refractivity contribution in [3.05, 3.63) is 88.9 Å². The highest BCUT2D eigenvalue weighted by Crippen LogP contribution is 2.41. The second-order valence-electron chi connectivity index (χ2n) is 9.86. The van der Waals surface area contributed by atoms with Gasteiger partial charge < -0.3 is 25.8 Å². The van der Waals surface area contributed by atoms with Crippen molar-refractivity contribution in [1.29, 1.82) is 0 Å². The molecule has 3 N–H and O–H groups in total. The fourth-order valence-corrected chi connectivity index (χ4v) is 5.26. The Morgan fingerprint density at radius 2 is 1.79 bits per heavy atom. The van der Waals surface area contributed by atoms with Crippen molar-refractivity contribution < 1.29 is 9.59 Å². The monoisotopic (exact) mass is 531 g/mol. The lowest BCUT2D eigenvalue weighted by atomic mass is 10.1. The summed E-state index contributed by atoms with van der Waals surface area (Å²) in [4.78, 5) is 29.8. The molecule has 1 saturated carbocycles. The molecule has 7 nitrogen and oxygen atoms in total. The summed E-state index contributed by atoms with van der Waals surface area (Å²) in [5.74, 6) is 0.292. The van der Waals surface area contributed by atoms with Crippen molar-refractivity contribution in [3.8, 4) is 0 Å². The predicted octanol–water partition coefficient (Wildman–Crippen LogP) is 5.61. The number of benzene rings is 3. The van der Waals surface area contributed by atoms with Crippen molar-refractivity contribution in [2.24, 2.45) is 0 Å². The first-order valence-corrected chi connectivity index (χ1v) is 13.7. The minimum Gasteiger partial charge on any atom is -0.368 e. The summed E-state index contributed by atoms with van der Waals surface area (Å²) < 4.78 is 0.